The second kappa shape index (κ2) is 6.30. The SMILES string of the molecule is CCOC(=O)CNC(C)c1cc(F)cc(F)c1. The van der Waals surface area contributed by atoms with Crippen molar-refractivity contribution in [3.05, 3.63) is 35.4 Å². The fourth-order valence-electron chi connectivity index (χ4n) is 1.39. The Morgan fingerprint density at radius 2 is 1.94 bits per heavy atom. The Hall–Kier alpha value is -1.49. The van der Waals surface area contributed by atoms with Crippen LogP contribution in [0.4, 0.5) is 8.78 Å². The van der Waals surface area contributed by atoms with Crippen LogP contribution in [0.3, 0.4) is 0 Å². The average Bonchev–Trinajstić information content (AvgIpc) is 2.25. The van der Waals surface area contributed by atoms with Crippen LogP contribution in [0.2, 0.25) is 0 Å². The molecule has 0 spiro atoms. The minimum atomic E-state index is -0.634. The van der Waals surface area contributed by atoms with Crippen LogP contribution in [0.15, 0.2) is 18.2 Å². The molecule has 1 atom stereocenters. The summed E-state index contributed by atoms with van der Waals surface area (Å²) in [4.78, 5) is 11.1. The lowest BCUT2D eigenvalue weighted by molar-refractivity contribution is -0.142. The zero-order valence-corrected chi connectivity index (χ0v) is 9.80. The summed E-state index contributed by atoms with van der Waals surface area (Å²) in [7, 11) is 0. The summed E-state index contributed by atoms with van der Waals surface area (Å²) >= 11 is 0. The van der Waals surface area contributed by atoms with Crippen molar-refractivity contribution < 1.29 is 18.3 Å². The van der Waals surface area contributed by atoms with Crippen LogP contribution < -0.4 is 5.32 Å². The highest BCUT2D eigenvalue weighted by atomic mass is 19.1. The Kier molecular flexibility index (Phi) is 5.03. The van der Waals surface area contributed by atoms with E-state index in [1.54, 1.807) is 13.8 Å². The second-order valence-electron chi connectivity index (χ2n) is 3.61. The van der Waals surface area contributed by atoms with E-state index < -0.39 is 17.6 Å². The van der Waals surface area contributed by atoms with Gasteiger partial charge >= 0.3 is 5.97 Å². The number of benzene rings is 1. The lowest BCUT2D eigenvalue weighted by Crippen LogP contribution is -2.27. The minimum absolute atomic E-state index is 0.00708. The minimum Gasteiger partial charge on any atom is -0.465 e. The summed E-state index contributed by atoms with van der Waals surface area (Å²) in [6.45, 7) is 3.74. The Morgan fingerprint density at radius 3 is 2.47 bits per heavy atom. The number of ether oxygens (including phenoxy) is 1. The molecule has 5 heteroatoms. The van der Waals surface area contributed by atoms with Crippen molar-refractivity contribution in [3.8, 4) is 0 Å². The molecule has 1 unspecified atom stereocenters. The predicted molar refractivity (Wildman–Crippen MR) is 59.4 cm³/mol. The number of rotatable bonds is 5. The molecular formula is C12H15F2NO2. The van der Waals surface area contributed by atoms with E-state index in [1.807, 2.05) is 0 Å². The Labute approximate surface area is 98.8 Å². The van der Waals surface area contributed by atoms with E-state index >= 15 is 0 Å². The van der Waals surface area contributed by atoms with E-state index in [4.69, 9.17) is 4.74 Å². The molecule has 0 bridgehead atoms. The van der Waals surface area contributed by atoms with Crippen molar-refractivity contribution in [2.75, 3.05) is 13.2 Å². The summed E-state index contributed by atoms with van der Waals surface area (Å²) in [5.41, 5.74) is 0.451. The van der Waals surface area contributed by atoms with Gasteiger partial charge in [-0.05, 0) is 31.5 Å². The summed E-state index contributed by atoms with van der Waals surface area (Å²) < 4.78 is 30.6. The van der Waals surface area contributed by atoms with Gasteiger partial charge in [0.15, 0.2) is 0 Å². The van der Waals surface area contributed by atoms with Crippen molar-refractivity contribution in [2.45, 2.75) is 19.9 Å². The first-order valence-corrected chi connectivity index (χ1v) is 5.38. The van der Waals surface area contributed by atoms with Crippen LogP contribution in [0.25, 0.3) is 0 Å². The van der Waals surface area contributed by atoms with Crippen molar-refractivity contribution in [1.82, 2.24) is 5.32 Å². The lowest BCUT2D eigenvalue weighted by atomic mass is 10.1. The highest BCUT2D eigenvalue weighted by Crippen LogP contribution is 2.15. The molecule has 0 saturated heterocycles. The normalized spacial score (nSPS) is 12.2. The molecule has 3 nitrogen and oxygen atoms in total. The largest absolute Gasteiger partial charge is 0.465 e. The summed E-state index contributed by atoms with van der Waals surface area (Å²) in [6.07, 6.45) is 0. The number of nitrogens with one attached hydrogen (secondary N) is 1. The average molecular weight is 243 g/mol. The summed E-state index contributed by atoms with van der Waals surface area (Å²) in [5, 5.41) is 2.83. The first-order valence-electron chi connectivity index (χ1n) is 5.38. The molecule has 0 aliphatic heterocycles. The quantitative estimate of drug-likeness (QED) is 0.805. The van der Waals surface area contributed by atoms with Crippen LogP contribution in [0, 0.1) is 11.6 Å². The van der Waals surface area contributed by atoms with Gasteiger partial charge in [-0.15, -0.1) is 0 Å². The molecule has 0 aromatic heterocycles. The third-order valence-corrected chi connectivity index (χ3v) is 2.24. The predicted octanol–water partition coefficient (Wildman–Crippen LogP) is 2.18. The number of carbonyl (C=O) groups excluding carboxylic acids is 1. The zero-order valence-electron chi connectivity index (χ0n) is 9.80. The number of halogens is 2. The number of carbonyl (C=O) groups is 1. The number of hydrogen-bond donors (Lipinski definition) is 1. The molecule has 0 aliphatic carbocycles. The molecule has 1 rings (SSSR count). The monoisotopic (exact) mass is 243 g/mol. The topological polar surface area (TPSA) is 38.3 Å². The molecule has 1 aromatic carbocycles. The number of esters is 1. The van der Waals surface area contributed by atoms with Crippen LogP contribution >= 0.6 is 0 Å². The van der Waals surface area contributed by atoms with E-state index in [9.17, 15) is 13.6 Å². The van der Waals surface area contributed by atoms with Gasteiger partial charge in [-0.3, -0.25) is 4.79 Å². The maximum Gasteiger partial charge on any atom is 0.319 e. The van der Waals surface area contributed by atoms with Crippen LogP contribution in [-0.4, -0.2) is 19.1 Å². The van der Waals surface area contributed by atoms with Gasteiger partial charge in [0.1, 0.15) is 11.6 Å². The van der Waals surface area contributed by atoms with E-state index in [0.717, 1.165) is 6.07 Å². The van der Waals surface area contributed by atoms with Gasteiger partial charge < -0.3 is 10.1 Å². The molecular weight excluding hydrogens is 228 g/mol. The van der Waals surface area contributed by atoms with E-state index in [2.05, 4.69) is 5.32 Å². The van der Waals surface area contributed by atoms with E-state index in [1.165, 1.54) is 12.1 Å². The third kappa shape index (κ3) is 4.48. The van der Waals surface area contributed by atoms with Gasteiger partial charge in [-0.2, -0.15) is 0 Å². The fourth-order valence-corrected chi connectivity index (χ4v) is 1.39. The summed E-state index contributed by atoms with van der Waals surface area (Å²) in [5.74, 6) is -1.66. The summed E-state index contributed by atoms with van der Waals surface area (Å²) in [6, 6.07) is 2.93. The smallest absolute Gasteiger partial charge is 0.319 e. The molecule has 0 fully saturated rings. The molecule has 1 N–H and O–H groups in total. The molecule has 0 aliphatic rings. The molecule has 94 valence electrons. The van der Waals surface area contributed by atoms with Crippen molar-refractivity contribution in [2.24, 2.45) is 0 Å². The molecule has 0 heterocycles. The Balaban J connectivity index is 2.57. The first-order chi connectivity index (χ1) is 8.02. The standard InChI is InChI=1S/C12H15F2NO2/c1-3-17-12(16)7-15-8(2)9-4-10(13)6-11(14)5-9/h4-6,8,15H,3,7H2,1-2H3. The van der Waals surface area contributed by atoms with Crippen molar-refractivity contribution in [3.63, 3.8) is 0 Å². The van der Waals surface area contributed by atoms with Gasteiger partial charge in [0.2, 0.25) is 0 Å². The zero-order chi connectivity index (χ0) is 12.8. The fraction of sp³-hybridized carbons (Fsp3) is 0.417. The molecule has 17 heavy (non-hydrogen) atoms. The molecule has 0 radical (unpaired) electrons. The highest BCUT2D eigenvalue weighted by molar-refractivity contribution is 5.71. The van der Waals surface area contributed by atoms with Crippen LogP contribution in [0.5, 0.6) is 0 Å². The van der Waals surface area contributed by atoms with Crippen LogP contribution in [-0.2, 0) is 9.53 Å². The van der Waals surface area contributed by atoms with Crippen molar-refractivity contribution >= 4 is 5.97 Å². The maximum absolute atomic E-state index is 12.9. The molecule has 0 saturated carbocycles. The van der Waals surface area contributed by atoms with Crippen molar-refractivity contribution in [1.29, 1.82) is 0 Å². The molecule has 1 aromatic rings. The maximum atomic E-state index is 12.9. The van der Waals surface area contributed by atoms with Gasteiger partial charge in [0.05, 0.1) is 13.2 Å². The first kappa shape index (κ1) is 13.6. The van der Waals surface area contributed by atoms with E-state index in [0.29, 0.717) is 12.2 Å². The van der Waals surface area contributed by atoms with E-state index in [-0.39, 0.29) is 12.6 Å². The third-order valence-electron chi connectivity index (χ3n) is 2.24. The Bertz CT molecular complexity index is 376. The van der Waals surface area contributed by atoms with Gasteiger partial charge in [0.25, 0.3) is 0 Å². The van der Waals surface area contributed by atoms with Gasteiger partial charge in [-0.25, -0.2) is 8.78 Å². The Morgan fingerprint density at radius 1 is 1.35 bits per heavy atom. The second-order valence-corrected chi connectivity index (χ2v) is 3.61. The highest BCUT2D eigenvalue weighted by Gasteiger charge is 2.10. The van der Waals surface area contributed by atoms with Gasteiger partial charge in [-0.1, -0.05) is 0 Å². The van der Waals surface area contributed by atoms with Gasteiger partial charge in [0, 0.05) is 12.1 Å². The van der Waals surface area contributed by atoms with Crippen LogP contribution in [0.1, 0.15) is 25.5 Å². The lowest BCUT2D eigenvalue weighted by Gasteiger charge is -2.13. The molecule has 0 amide bonds. The number of hydrogen-bond acceptors (Lipinski definition) is 3.